The van der Waals surface area contributed by atoms with Gasteiger partial charge >= 0.3 is 0 Å². The van der Waals surface area contributed by atoms with E-state index in [2.05, 4.69) is 26.2 Å². The third kappa shape index (κ3) is 4.21. The van der Waals surface area contributed by atoms with Crippen LogP contribution < -0.4 is 10.1 Å². The van der Waals surface area contributed by atoms with Gasteiger partial charge in [0.05, 0.1) is 12.1 Å². The molecule has 2 rings (SSSR count). The lowest BCUT2D eigenvalue weighted by Crippen LogP contribution is -2.28. The van der Waals surface area contributed by atoms with E-state index in [1.165, 1.54) is 6.20 Å². The van der Waals surface area contributed by atoms with Gasteiger partial charge in [-0.15, -0.1) is 0 Å². The molecular formula is C14H12BrClN2O2. The molecule has 0 fully saturated rings. The van der Waals surface area contributed by atoms with E-state index < -0.39 is 0 Å². The van der Waals surface area contributed by atoms with Gasteiger partial charge in [0.2, 0.25) is 0 Å². The zero-order valence-electron chi connectivity index (χ0n) is 10.5. The molecule has 0 spiro atoms. The fourth-order valence-electron chi connectivity index (χ4n) is 1.53. The van der Waals surface area contributed by atoms with Crippen molar-refractivity contribution in [3.05, 3.63) is 57.8 Å². The molecule has 1 N–H and O–H groups in total. The van der Waals surface area contributed by atoms with Crippen molar-refractivity contribution in [1.82, 2.24) is 10.3 Å². The topological polar surface area (TPSA) is 51.2 Å². The standard InChI is InChI=1S/C14H12BrClN2O2/c15-10-8-12(13(16)18-9-10)14(19)17-6-7-20-11-4-2-1-3-5-11/h1-5,8-9H,6-7H2,(H,17,19). The molecular weight excluding hydrogens is 344 g/mol. The summed E-state index contributed by atoms with van der Waals surface area (Å²) in [4.78, 5) is 15.8. The van der Waals surface area contributed by atoms with Gasteiger partial charge in [0.1, 0.15) is 17.5 Å². The second-order valence-electron chi connectivity index (χ2n) is 3.91. The normalized spacial score (nSPS) is 10.1. The Labute approximate surface area is 130 Å². The molecule has 0 atom stereocenters. The van der Waals surface area contributed by atoms with Crippen LogP contribution in [0, 0.1) is 0 Å². The first-order valence-corrected chi connectivity index (χ1v) is 7.11. The van der Waals surface area contributed by atoms with E-state index in [0.717, 1.165) is 5.75 Å². The molecule has 0 saturated carbocycles. The van der Waals surface area contributed by atoms with E-state index in [1.807, 2.05) is 30.3 Å². The van der Waals surface area contributed by atoms with Crippen LogP contribution in [0.2, 0.25) is 5.15 Å². The van der Waals surface area contributed by atoms with Gasteiger partial charge in [-0.1, -0.05) is 29.8 Å². The number of benzene rings is 1. The fourth-order valence-corrected chi connectivity index (χ4v) is 2.05. The lowest BCUT2D eigenvalue weighted by Gasteiger charge is -2.08. The van der Waals surface area contributed by atoms with Crippen LogP contribution in [0.1, 0.15) is 10.4 Å². The van der Waals surface area contributed by atoms with Gasteiger partial charge in [0.25, 0.3) is 5.91 Å². The van der Waals surface area contributed by atoms with Crippen LogP contribution in [0.4, 0.5) is 0 Å². The van der Waals surface area contributed by atoms with Crippen LogP contribution >= 0.6 is 27.5 Å². The highest BCUT2D eigenvalue weighted by atomic mass is 79.9. The van der Waals surface area contributed by atoms with Crippen molar-refractivity contribution in [2.45, 2.75) is 0 Å². The lowest BCUT2D eigenvalue weighted by molar-refractivity contribution is 0.0946. The summed E-state index contributed by atoms with van der Waals surface area (Å²) < 4.78 is 6.18. The predicted molar refractivity (Wildman–Crippen MR) is 81.2 cm³/mol. The number of nitrogens with zero attached hydrogens (tertiary/aromatic N) is 1. The summed E-state index contributed by atoms with van der Waals surface area (Å²) in [6.07, 6.45) is 1.54. The Hall–Kier alpha value is -1.59. The quantitative estimate of drug-likeness (QED) is 0.661. The average Bonchev–Trinajstić information content (AvgIpc) is 2.47. The van der Waals surface area contributed by atoms with Crippen LogP contribution in [0.25, 0.3) is 0 Å². The number of carbonyl (C=O) groups is 1. The molecule has 4 nitrogen and oxygen atoms in total. The maximum absolute atomic E-state index is 11.9. The van der Waals surface area contributed by atoms with Crippen LogP contribution in [0.15, 0.2) is 47.1 Å². The third-order valence-electron chi connectivity index (χ3n) is 2.45. The van der Waals surface area contributed by atoms with Gasteiger partial charge in [-0.2, -0.15) is 0 Å². The summed E-state index contributed by atoms with van der Waals surface area (Å²) in [7, 11) is 0. The van der Waals surface area contributed by atoms with Gasteiger partial charge in [-0.25, -0.2) is 4.98 Å². The van der Waals surface area contributed by atoms with Crippen LogP contribution in [-0.2, 0) is 0 Å². The number of rotatable bonds is 5. The molecule has 1 amide bonds. The average molecular weight is 356 g/mol. The van der Waals surface area contributed by atoms with E-state index in [4.69, 9.17) is 16.3 Å². The van der Waals surface area contributed by atoms with E-state index in [0.29, 0.717) is 23.2 Å². The molecule has 0 aliphatic heterocycles. The summed E-state index contributed by atoms with van der Waals surface area (Å²) in [5.41, 5.74) is 0.334. The number of halogens is 2. The summed E-state index contributed by atoms with van der Waals surface area (Å²) in [6.45, 7) is 0.769. The highest BCUT2D eigenvalue weighted by Gasteiger charge is 2.11. The van der Waals surface area contributed by atoms with E-state index in [9.17, 15) is 4.79 Å². The maximum Gasteiger partial charge on any atom is 0.254 e. The number of ether oxygens (including phenoxy) is 1. The molecule has 6 heteroatoms. The van der Waals surface area contributed by atoms with Gasteiger partial charge in [0, 0.05) is 10.7 Å². The van der Waals surface area contributed by atoms with Crippen molar-refractivity contribution in [3.63, 3.8) is 0 Å². The zero-order chi connectivity index (χ0) is 14.4. The van der Waals surface area contributed by atoms with E-state index in [-0.39, 0.29) is 11.1 Å². The Morgan fingerprint density at radius 1 is 1.35 bits per heavy atom. The number of nitrogens with one attached hydrogen (secondary N) is 1. The van der Waals surface area contributed by atoms with Crippen molar-refractivity contribution >= 4 is 33.4 Å². The van der Waals surface area contributed by atoms with Crippen molar-refractivity contribution in [2.75, 3.05) is 13.2 Å². The largest absolute Gasteiger partial charge is 0.492 e. The highest BCUT2D eigenvalue weighted by molar-refractivity contribution is 9.10. The number of para-hydroxylation sites is 1. The first-order chi connectivity index (χ1) is 9.66. The molecule has 0 radical (unpaired) electrons. The molecule has 1 aromatic carbocycles. The second kappa shape index (κ2) is 7.26. The Bertz CT molecular complexity index is 593. The van der Waals surface area contributed by atoms with E-state index >= 15 is 0 Å². The Morgan fingerprint density at radius 2 is 2.10 bits per heavy atom. The molecule has 0 unspecified atom stereocenters. The van der Waals surface area contributed by atoms with Gasteiger partial charge in [-0.3, -0.25) is 4.79 Å². The predicted octanol–water partition coefficient (Wildman–Crippen LogP) is 3.31. The first-order valence-electron chi connectivity index (χ1n) is 5.94. The monoisotopic (exact) mass is 354 g/mol. The summed E-state index contributed by atoms with van der Waals surface area (Å²) in [5.74, 6) is 0.490. The van der Waals surface area contributed by atoms with Gasteiger partial charge in [-0.05, 0) is 34.1 Å². The summed E-state index contributed by atoms with van der Waals surface area (Å²) >= 11 is 9.13. The highest BCUT2D eigenvalue weighted by Crippen LogP contribution is 2.17. The maximum atomic E-state index is 11.9. The minimum atomic E-state index is -0.277. The molecule has 0 bridgehead atoms. The first kappa shape index (κ1) is 14.8. The zero-order valence-corrected chi connectivity index (χ0v) is 12.8. The summed E-state index contributed by atoms with van der Waals surface area (Å²) in [6, 6.07) is 11.0. The molecule has 0 aliphatic rings. The van der Waals surface area contributed by atoms with Crippen molar-refractivity contribution < 1.29 is 9.53 Å². The molecule has 1 aromatic heterocycles. The molecule has 0 saturated heterocycles. The van der Waals surface area contributed by atoms with Crippen LogP contribution in [-0.4, -0.2) is 24.0 Å². The number of carbonyl (C=O) groups excluding carboxylic acids is 1. The second-order valence-corrected chi connectivity index (χ2v) is 5.18. The molecule has 20 heavy (non-hydrogen) atoms. The molecule has 1 heterocycles. The van der Waals surface area contributed by atoms with Gasteiger partial charge in [0.15, 0.2) is 0 Å². The Balaban J connectivity index is 1.82. The number of amides is 1. The minimum Gasteiger partial charge on any atom is -0.492 e. The van der Waals surface area contributed by atoms with Crippen LogP contribution in [0.3, 0.4) is 0 Å². The Morgan fingerprint density at radius 3 is 2.85 bits per heavy atom. The summed E-state index contributed by atoms with van der Waals surface area (Å²) in [5, 5.41) is 2.90. The molecule has 104 valence electrons. The lowest BCUT2D eigenvalue weighted by atomic mass is 10.2. The Kier molecular flexibility index (Phi) is 5.38. The van der Waals surface area contributed by atoms with Crippen molar-refractivity contribution in [3.8, 4) is 5.75 Å². The molecule has 0 aliphatic carbocycles. The van der Waals surface area contributed by atoms with Gasteiger partial charge < -0.3 is 10.1 Å². The number of hydrogen-bond acceptors (Lipinski definition) is 3. The number of hydrogen-bond donors (Lipinski definition) is 1. The third-order valence-corrected chi connectivity index (χ3v) is 3.18. The SMILES string of the molecule is O=C(NCCOc1ccccc1)c1cc(Br)cnc1Cl. The van der Waals surface area contributed by atoms with Crippen LogP contribution in [0.5, 0.6) is 5.75 Å². The van der Waals surface area contributed by atoms with E-state index in [1.54, 1.807) is 6.07 Å². The fraction of sp³-hybridized carbons (Fsp3) is 0.143. The number of aromatic nitrogens is 1. The molecule has 2 aromatic rings. The minimum absolute atomic E-state index is 0.176. The van der Waals surface area contributed by atoms with Crippen molar-refractivity contribution in [2.24, 2.45) is 0 Å². The van der Waals surface area contributed by atoms with Crippen molar-refractivity contribution in [1.29, 1.82) is 0 Å². The smallest absolute Gasteiger partial charge is 0.254 e. The number of pyridine rings is 1.